The molecule has 4 nitrogen and oxygen atoms in total. The molecule has 0 saturated heterocycles. The van der Waals surface area contributed by atoms with E-state index >= 15 is 0 Å². The summed E-state index contributed by atoms with van der Waals surface area (Å²) in [5, 5.41) is 1.45. The van der Waals surface area contributed by atoms with Crippen molar-refractivity contribution in [2.45, 2.75) is 0 Å². The van der Waals surface area contributed by atoms with Gasteiger partial charge >= 0.3 is 7.67 Å². The Hall–Kier alpha value is 1.07. The number of rotatable bonds is 6. The van der Waals surface area contributed by atoms with Crippen LogP contribution in [0.15, 0.2) is 0 Å². The summed E-state index contributed by atoms with van der Waals surface area (Å²) < 4.78 is 17.8. The van der Waals surface area contributed by atoms with Crippen molar-refractivity contribution < 1.29 is 9.09 Å². The first-order chi connectivity index (χ1) is 5.58. The first kappa shape index (κ1) is 13.1. The zero-order valence-electron chi connectivity index (χ0n) is 6.87. The van der Waals surface area contributed by atoms with Gasteiger partial charge in [-0.05, 0) is 0 Å². The van der Waals surface area contributed by atoms with E-state index in [4.69, 9.17) is 10.0 Å². The minimum atomic E-state index is -3.04. The molecule has 0 radical (unpaired) electrons. The van der Waals surface area contributed by atoms with E-state index in [2.05, 4.69) is 31.9 Å². The van der Waals surface area contributed by atoms with E-state index in [-0.39, 0.29) is 0 Å². The maximum Gasteiger partial charge on any atom is 0.340 e. The van der Waals surface area contributed by atoms with Crippen LogP contribution in [-0.2, 0) is 9.09 Å². The molecule has 0 spiro atoms. The molecule has 0 aromatic rings. The third kappa shape index (κ3) is 4.35. The van der Waals surface area contributed by atoms with Crippen molar-refractivity contribution in [3.05, 3.63) is 0 Å². The zero-order chi connectivity index (χ0) is 9.61. The number of halogens is 2. The zero-order valence-corrected chi connectivity index (χ0v) is 10.9. The largest absolute Gasteiger partial charge is 0.340 e. The second kappa shape index (κ2) is 6.51. The van der Waals surface area contributed by atoms with Crippen molar-refractivity contribution in [1.29, 1.82) is 0 Å². The molecule has 2 N–H and O–H groups in total. The average molecular weight is 324 g/mol. The quantitative estimate of drug-likeness (QED) is 0.598. The molecule has 0 aliphatic rings. The Morgan fingerprint density at radius 1 is 1.42 bits per heavy atom. The van der Waals surface area contributed by atoms with Gasteiger partial charge in [0, 0.05) is 30.9 Å². The standard InChI is InChI=1S/C5H13Br2N2O2P/c1-11-12(8,10)9(4-2-6)5-3-7/h2-5H2,1H3,(H2,8,10). The highest BCUT2D eigenvalue weighted by Crippen LogP contribution is 2.40. The van der Waals surface area contributed by atoms with Gasteiger partial charge in [-0.25, -0.2) is 10.2 Å². The van der Waals surface area contributed by atoms with Crippen molar-refractivity contribution in [2.24, 2.45) is 5.50 Å². The Bertz CT molecular complexity index is 164. The van der Waals surface area contributed by atoms with Crippen molar-refractivity contribution >= 4 is 39.5 Å². The molecule has 1 atom stereocenters. The molecule has 7 heteroatoms. The van der Waals surface area contributed by atoms with Crippen LogP contribution in [0.4, 0.5) is 0 Å². The Morgan fingerprint density at radius 3 is 2.08 bits per heavy atom. The fourth-order valence-corrected chi connectivity index (χ4v) is 3.09. The van der Waals surface area contributed by atoms with Crippen molar-refractivity contribution in [3.8, 4) is 0 Å². The predicted octanol–water partition coefficient (Wildman–Crippen LogP) is 1.79. The summed E-state index contributed by atoms with van der Waals surface area (Å²) in [6.45, 7) is 1.24. The molecule has 0 aromatic heterocycles. The lowest BCUT2D eigenvalue weighted by Crippen LogP contribution is -2.28. The summed E-state index contributed by atoms with van der Waals surface area (Å²) in [5.41, 5.74) is 5.45. The Balaban J connectivity index is 4.17. The molecule has 0 aromatic carbocycles. The van der Waals surface area contributed by atoms with E-state index in [1.54, 1.807) is 4.67 Å². The summed E-state index contributed by atoms with van der Waals surface area (Å²) in [5.74, 6) is 0. The van der Waals surface area contributed by atoms with Gasteiger partial charge in [0.15, 0.2) is 0 Å². The normalized spacial score (nSPS) is 16.4. The van der Waals surface area contributed by atoms with Gasteiger partial charge in [-0.2, -0.15) is 0 Å². The molecule has 74 valence electrons. The number of nitrogens with zero attached hydrogens (tertiary/aromatic N) is 1. The molecule has 0 aliphatic heterocycles. The van der Waals surface area contributed by atoms with Gasteiger partial charge in [0.05, 0.1) is 0 Å². The third-order valence-corrected chi connectivity index (χ3v) is 3.76. The summed E-state index contributed by atoms with van der Waals surface area (Å²) in [6.07, 6.45) is 0. The molecule has 0 saturated carbocycles. The monoisotopic (exact) mass is 322 g/mol. The lowest BCUT2D eigenvalue weighted by Gasteiger charge is -2.24. The SMILES string of the molecule is COP(N)(=O)N(CCBr)CCBr. The van der Waals surface area contributed by atoms with Crippen LogP contribution in [0.1, 0.15) is 0 Å². The number of alkyl halides is 2. The van der Waals surface area contributed by atoms with E-state index in [1.165, 1.54) is 7.11 Å². The van der Waals surface area contributed by atoms with Crippen LogP contribution < -0.4 is 5.50 Å². The summed E-state index contributed by atoms with van der Waals surface area (Å²) in [7, 11) is -1.69. The van der Waals surface area contributed by atoms with Gasteiger partial charge in [-0.1, -0.05) is 31.9 Å². The Kier molecular flexibility index (Phi) is 7.09. The molecule has 0 aliphatic carbocycles. The van der Waals surface area contributed by atoms with E-state index in [1.807, 2.05) is 0 Å². The minimum absolute atomic E-state index is 0.618. The smallest absolute Gasteiger partial charge is 0.310 e. The molecule has 0 bridgehead atoms. The minimum Gasteiger partial charge on any atom is -0.310 e. The van der Waals surface area contributed by atoms with E-state index in [9.17, 15) is 4.57 Å². The van der Waals surface area contributed by atoms with Gasteiger partial charge in [0.2, 0.25) is 0 Å². The molecule has 12 heavy (non-hydrogen) atoms. The van der Waals surface area contributed by atoms with Gasteiger partial charge in [0.25, 0.3) is 0 Å². The predicted molar refractivity (Wildman–Crippen MR) is 58.0 cm³/mol. The highest BCUT2D eigenvalue weighted by molar-refractivity contribution is 9.09. The molecule has 1 unspecified atom stereocenters. The lowest BCUT2D eigenvalue weighted by molar-refractivity contribution is 0.320. The van der Waals surface area contributed by atoms with Crippen molar-refractivity contribution in [1.82, 2.24) is 4.67 Å². The molecular weight excluding hydrogens is 311 g/mol. The van der Waals surface area contributed by atoms with Crippen LogP contribution in [0.25, 0.3) is 0 Å². The summed E-state index contributed by atoms with van der Waals surface area (Å²) >= 11 is 6.50. The Morgan fingerprint density at radius 2 is 1.83 bits per heavy atom. The van der Waals surface area contributed by atoms with Crippen LogP contribution in [-0.4, -0.2) is 35.5 Å². The Labute approximate surface area is 89.6 Å². The highest BCUT2D eigenvalue weighted by Gasteiger charge is 2.24. The van der Waals surface area contributed by atoms with Gasteiger partial charge < -0.3 is 4.52 Å². The summed E-state index contributed by atoms with van der Waals surface area (Å²) in [4.78, 5) is 0. The molecular formula is C5H13Br2N2O2P. The number of nitrogens with two attached hydrogens (primary N) is 1. The lowest BCUT2D eigenvalue weighted by atomic mass is 10.7. The molecule has 0 rings (SSSR count). The molecule has 0 amide bonds. The highest BCUT2D eigenvalue weighted by atomic mass is 79.9. The van der Waals surface area contributed by atoms with Gasteiger partial charge in [0.1, 0.15) is 0 Å². The van der Waals surface area contributed by atoms with Crippen LogP contribution in [0.5, 0.6) is 0 Å². The van der Waals surface area contributed by atoms with Crippen LogP contribution in [0.3, 0.4) is 0 Å². The molecule has 0 heterocycles. The fraction of sp³-hybridized carbons (Fsp3) is 1.00. The maximum absolute atomic E-state index is 11.5. The number of hydrogen-bond acceptors (Lipinski definition) is 2. The topological polar surface area (TPSA) is 55.6 Å². The first-order valence-electron chi connectivity index (χ1n) is 3.40. The number of hydrogen-bond donors (Lipinski definition) is 1. The molecule has 0 fully saturated rings. The average Bonchev–Trinajstić information content (AvgIpc) is 2.04. The van der Waals surface area contributed by atoms with Crippen LogP contribution in [0.2, 0.25) is 0 Å². The maximum atomic E-state index is 11.5. The van der Waals surface area contributed by atoms with E-state index < -0.39 is 7.67 Å². The van der Waals surface area contributed by atoms with Crippen LogP contribution >= 0.6 is 39.5 Å². The fourth-order valence-electron chi connectivity index (χ4n) is 0.701. The summed E-state index contributed by atoms with van der Waals surface area (Å²) in [6, 6.07) is 0. The van der Waals surface area contributed by atoms with E-state index in [0.29, 0.717) is 13.1 Å². The second-order valence-corrected chi connectivity index (χ2v) is 5.72. The van der Waals surface area contributed by atoms with Crippen LogP contribution in [0, 0.1) is 0 Å². The third-order valence-electron chi connectivity index (χ3n) is 1.34. The first-order valence-corrected chi connectivity index (χ1v) is 7.29. The van der Waals surface area contributed by atoms with Crippen molar-refractivity contribution in [3.63, 3.8) is 0 Å². The van der Waals surface area contributed by atoms with Crippen molar-refractivity contribution in [2.75, 3.05) is 30.9 Å². The van der Waals surface area contributed by atoms with Gasteiger partial charge in [-0.15, -0.1) is 0 Å². The van der Waals surface area contributed by atoms with Gasteiger partial charge in [-0.3, -0.25) is 4.57 Å². The second-order valence-electron chi connectivity index (χ2n) is 2.08. The van der Waals surface area contributed by atoms with E-state index in [0.717, 1.165) is 10.7 Å².